The van der Waals surface area contributed by atoms with Crippen LogP contribution in [-0.4, -0.2) is 66.1 Å². The van der Waals surface area contributed by atoms with Gasteiger partial charge in [-0.2, -0.15) is 0 Å². The largest absolute Gasteiger partial charge is 0.368 e. The van der Waals surface area contributed by atoms with Gasteiger partial charge in [0.15, 0.2) is 5.82 Å². The molecule has 5 aromatic rings. The summed E-state index contributed by atoms with van der Waals surface area (Å²) in [6, 6.07) is 6.35. The second kappa shape index (κ2) is 9.41. The van der Waals surface area contributed by atoms with Crippen molar-refractivity contribution in [2.75, 3.05) is 42.7 Å². The molecule has 0 aliphatic carbocycles. The number of H-pyrrole nitrogens is 1. The molecule has 4 aromatic heterocycles. The monoisotopic (exact) mass is 521 g/mol. The van der Waals surface area contributed by atoms with E-state index in [9.17, 15) is 13.6 Å². The van der Waals surface area contributed by atoms with Crippen LogP contribution in [0.3, 0.4) is 0 Å². The number of piperazine rings is 1. The van der Waals surface area contributed by atoms with Gasteiger partial charge in [0.25, 0.3) is 5.56 Å². The number of hydrogen-bond acceptors (Lipinski definition) is 9. The molecule has 0 unspecified atom stereocenters. The average Bonchev–Trinajstić information content (AvgIpc) is 3.39. The minimum atomic E-state index is -0.799. The highest BCUT2D eigenvalue weighted by molar-refractivity contribution is 7.96. The van der Waals surface area contributed by atoms with Crippen LogP contribution in [0.4, 0.5) is 26.2 Å². The third kappa shape index (κ3) is 4.36. The zero-order chi connectivity index (χ0) is 25.5. The predicted octanol–water partition coefficient (Wildman–Crippen LogP) is 3.45. The van der Waals surface area contributed by atoms with Gasteiger partial charge in [0, 0.05) is 31.7 Å². The van der Waals surface area contributed by atoms with Crippen molar-refractivity contribution >= 4 is 46.0 Å². The van der Waals surface area contributed by atoms with Gasteiger partial charge in [-0.25, -0.2) is 33.0 Å². The first kappa shape index (κ1) is 23.3. The molecule has 5 heterocycles. The number of fused-ring (bicyclic) bond motifs is 3. The lowest BCUT2D eigenvalue weighted by atomic mass is 10.1. The zero-order valence-corrected chi connectivity index (χ0v) is 20.5. The smallest absolute Gasteiger partial charge is 0.261 e. The van der Waals surface area contributed by atoms with Crippen molar-refractivity contribution in [3.8, 4) is 11.3 Å². The fraction of sp³-hybridized carbons (Fsp3) is 0.208. The molecule has 1 saturated heterocycles. The standard InChI is InChI=1S/C24H21F2N9OS/c1-37-34-6-4-33(5-7-34)15-2-3-19(28-10-15)30-24-29-11-17(26)22(32-24)14-8-16(25)21-18(9-14)35-13-27-12-20(35)31-23(21)36/h2-3,8-13H,4-7H2,1H3,(H,31,36)(H,28,29,30,32). The summed E-state index contributed by atoms with van der Waals surface area (Å²) in [6.07, 6.45) is 7.75. The van der Waals surface area contributed by atoms with E-state index in [0.29, 0.717) is 11.5 Å². The van der Waals surface area contributed by atoms with E-state index in [1.165, 1.54) is 23.0 Å². The molecule has 0 amide bonds. The highest BCUT2D eigenvalue weighted by atomic mass is 32.2. The molecule has 2 N–H and O–H groups in total. The number of benzene rings is 1. The van der Waals surface area contributed by atoms with Crippen LogP contribution in [0.2, 0.25) is 0 Å². The summed E-state index contributed by atoms with van der Waals surface area (Å²) in [4.78, 5) is 33.9. The molecule has 1 aliphatic rings. The fourth-order valence-corrected chi connectivity index (χ4v) is 4.95. The van der Waals surface area contributed by atoms with Crippen LogP contribution < -0.4 is 15.8 Å². The number of nitrogens with one attached hydrogen (secondary N) is 2. The molecule has 1 fully saturated rings. The summed E-state index contributed by atoms with van der Waals surface area (Å²) in [5.74, 6) is -0.943. The first-order valence-corrected chi connectivity index (χ1v) is 12.7. The van der Waals surface area contributed by atoms with Gasteiger partial charge >= 0.3 is 0 Å². The molecule has 0 atom stereocenters. The Kier molecular flexibility index (Phi) is 5.93. The van der Waals surface area contributed by atoms with Crippen molar-refractivity contribution in [2.45, 2.75) is 0 Å². The number of anilines is 3. The lowest BCUT2D eigenvalue weighted by molar-refractivity contribution is 0.431. The molecular formula is C24H21F2N9OS. The molecule has 1 aromatic carbocycles. The summed E-state index contributed by atoms with van der Waals surface area (Å²) >= 11 is 1.75. The van der Waals surface area contributed by atoms with Crippen molar-refractivity contribution in [3.63, 3.8) is 0 Å². The highest BCUT2D eigenvalue weighted by Crippen LogP contribution is 2.28. The number of aromatic amines is 1. The quantitative estimate of drug-likeness (QED) is 0.336. The van der Waals surface area contributed by atoms with Crippen LogP contribution in [0, 0.1) is 11.6 Å². The molecule has 10 nitrogen and oxygen atoms in total. The number of pyridine rings is 1. The normalized spacial score (nSPS) is 14.5. The van der Waals surface area contributed by atoms with Crippen LogP contribution in [0.25, 0.3) is 27.8 Å². The second-order valence-corrected chi connectivity index (χ2v) is 9.35. The van der Waals surface area contributed by atoms with Gasteiger partial charge < -0.3 is 15.2 Å². The molecule has 1 aliphatic heterocycles. The summed E-state index contributed by atoms with van der Waals surface area (Å²) in [7, 11) is 0. The van der Waals surface area contributed by atoms with Crippen molar-refractivity contribution < 1.29 is 8.78 Å². The predicted molar refractivity (Wildman–Crippen MR) is 139 cm³/mol. The van der Waals surface area contributed by atoms with Crippen molar-refractivity contribution in [2.24, 2.45) is 0 Å². The average molecular weight is 522 g/mol. The Balaban J connectivity index is 1.29. The maximum Gasteiger partial charge on any atom is 0.261 e. The Labute approximate surface area is 213 Å². The number of rotatable bonds is 5. The fourth-order valence-electron chi connectivity index (χ4n) is 4.42. The Bertz CT molecular complexity index is 1660. The van der Waals surface area contributed by atoms with E-state index in [-0.39, 0.29) is 28.1 Å². The van der Waals surface area contributed by atoms with Crippen LogP contribution in [0.5, 0.6) is 0 Å². The number of aromatic nitrogens is 6. The van der Waals surface area contributed by atoms with Gasteiger partial charge in [0.05, 0.1) is 35.2 Å². The van der Waals surface area contributed by atoms with Gasteiger partial charge in [-0.05, 0) is 30.5 Å². The van der Waals surface area contributed by atoms with E-state index in [2.05, 4.69) is 45.7 Å². The Morgan fingerprint density at radius 3 is 2.62 bits per heavy atom. The molecule has 188 valence electrons. The van der Waals surface area contributed by atoms with E-state index in [0.717, 1.165) is 44.1 Å². The van der Waals surface area contributed by atoms with Gasteiger partial charge in [-0.15, -0.1) is 0 Å². The number of nitrogens with zero attached hydrogens (tertiary/aromatic N) is 7. The summed E-state index contributed by atoms with van der Waals surface area (Å²) in [6.45, 7) is 3.78. The molecule has 13 heteroatoms. The van der Waals surface area contributed by atoms with Crippen molar-refractivity contribution in [1.29, 1.82) is 0 Å². The third-order valence-corrected chi connectivity index (χ3v) is 7.18. The minimum absolute atomic E-state index is 0.101. The topological polar surface area (TPSA) is 107 Å². The SMILES string of the molecule is CSN1CCN(c2ccc(Nc3ncc(F)c(-c4cc(F)c5c(=O)[nH]c6cncn6c5c4)n3)nc2)CC1. The second-order valence-electron chi connectivity index (χ2n) is 8.47. The van der Waals surface area contributed by atoms with Crippen molar-refractivity contribution in [3.05, 3.63) is 71.2 Å². The van der Waals surface area contributed by atoms with Crippen LogP contribution in [-0.2, 0) is 0 Å². The summed E-state index contributed by atoms with van der Waals surface area (Å²) in [5.41, 5.74) is 1.09. The first-order valence-electron chi connectivity index (χ1n) is 11.5. The van der Waals surface area contributed by atoms with Crippen molar-refractivity contribution in [1.82, 2.24) is 33.6 Å². The Morgan fingerprint density at radius 2 is 1.86 bits per heavy atom. The zero-order valence-electron chi connectivity index (χ0n) is 19.7. The molecule has 0 bridgehead atoms. The van der Waals surface area contributed by atoms with Crippen LogP contribution in [0.15, 0.2) is 54.0 Å². The Hall–Kier alpha value is -4.10. The van der Waals surface area contributed by atoms with Gasteiger partial charge in [-0.1, -0.05) is 11.9 Å². The maximum absolute atomic E-state index is 15.0. The van der Waals surface area contributed by atoms with Gasteiger partial charge in [-0.3, -0.25) is 9.20 Å². The Morgan fingerprint density at radius 1 is 1.03 bits per heavy atom. The lowest BCUT2D eigenvalue weighted by Gasteiger charge is -2.34. The highest BCUT2D eigenvalue weighted by Gasteiger charge is 2.18. The maximum atomic E-state index is 15.0. The van der Waals surface area contributed by atoms with E-state index in [4.69, 9.17) is 0 Å². The number of hydrogen-bond donors (Lipinski definition) is 2. The van der Waals surface area contributed by atoms with Crippen LogP contribution in [0.1, 0.15) is 0 Å². The first-order chi connectivity index (χ1) is 18.0. The van der Waals surface area contributed by atoms with Crippen LogP contribution >= 0.6 is 11.9 Å². The molecule has 0 radical (unpaired) electrons. The van der Waals surface area contributed by atoms with E-state index in [1.807, 2.05) is 6.07 Å². The van der Waals surface area contributed by atoms with E-state index < -0.39 is 17.2 Å². The minimum Gasteiger partial charge on any atom is -0.368 e. The van der Waals surface area contributed by atoms with Gasteiger partial charge in [0.1, 0.15) is 29.3 Å². The third-order valence-electron chi connectivity index (χ3n) is 6.30. The molecule has 37 heavy (non-hydrogen) atoms. The summed E-state index contributed by atoms with van der Waals surface area (Å²) in [5, 5.41) is 2.83. The molecule has 0 spiro atoms. The lowest BCUT2D eigenvalue weighted by Crippen LogP contribution is -2.43. The number of imidazole rings is 1. The molecule has 6 rings (SSSR count). The molecule has 0 saturated carbocycles. The van der Waals surface area contributed by atoms with E-state index in [1.54, 1.807) is 24.2 Å². The number of halogens is 2. The van der Waals surface area contributed by atoms with E-state index >= 15 is 0 Å². The summed E-state index contributed by atoms with van der Waals surface area (Å²) < 4.78 is 33.6. The molecular weight excluding hydrogens is 500 g/mol. The van der Waals surface area contributed by atoms with Gasteiger partial charge in [0.2, 0.25) is 5.95 Å².